The molecule has 1 aromatic rings. The van der Waals surface area contributed by atoms with Crippen LogP contribution in [0, 0.1) is 11.3 Å². The summed E-state index contributed by atoms with van der Waals surface area (Å²) in [5, 5.41) is 8.90. The van der Waals surface area contributed by atoms with Gasteiger partial charge in [-0.1, -0.05) is 6.92 Å². The normalized spacial score (nSPS) is 13.6. The van der Waals surface area contributed by atoms with E-state index in [9.17, 15) is 31.1 Å². The largest absolute Gasteiger partial charge is 0.417 e. The monoisotopic (exact) mass is 423 g/mol. The van der Waals surface area contributed by atoms with Crippen molar-refractivity contribution in [3.8, 4) is 6.07 Å². The van der Waals surface area contributed by atoms with E-state index in [-0.39, 0.29) is 6.42 Å². The van der Waals surface area contributed by atoms with Crippen LogP contribution in [0.1, 0.15) is 45.2 Å². The van der Waals surface area contributed by atoms with Crippen molar-refractivity contribution in [2.45, 2.75) is 58.0 Å². The van der Waals surface area contributed by atoms with Crippen LogP contribution in [-0.4, -0.2) is 42.2 Å². The topological polar surface area (TPSA) is 47.3 Å². The van der Waals surface area contributed by atoms with Gasteiger partial charge in [0.05, 0.1) is 17.2 Å². The minimum Gasteiger partial charge on any atom is -0.350 e. The highest BCUT2D eigenvalue weighted by Crippen LogP contribution is 2.36. The molecule has 4 nitrogen and oxygen atoms in total. The fourth-order valence-electron chi connectivity index (χ4n) is 2.70. The van der Waals surface area contributed by atoms with Gasteiger partial charge in [0.15, 0.2) is 0 Å². The summed E-state index contributed by atoms with van der Waals surface area (Å²) in [6.07, 6.45) is -9.75. The Morgan fingerprint density at radius 2 is 1.69 bits per heavy atom. The maximum atomic E-state index is 13.3. The van der Waals surface area contributed by atoms with Gasteiger partial charge in [-0.3, -0.25) is 4.79 Å². The number of benzene rings is 1. The van der Waals surface area contributed by atoms with Crippen molar-refractivity contribution in [1.82, 2.24) is 4.90 Å². The third kappa shape index (κ3) is 6.27. The van der Waals surface area contributed by atoms with E-state index >= 15 is 0 Å². The summed E-state index contributed by atoms with van der Waals surface area (Å²) >= 11 is 0. The molecule has 0 saturated carbocycles. The minimum absolute atomic E-state index is 0.0588. The summed E-state index contributed by atoms with van der Waals surface area (Å²) in [6, 6.07) is 2.33. The summed E-state index contributed by atoms with van der Waals surface area (Å²) in [5.74, 6) is -0.651. The van der Waals surface area contributed by atoms with Crippen LogP contribution in [0.3, 0.4) is 0 Å². The fourth-order valence-corrected chi connectivity index (χ4v) is 2.70. The number of carbonyl (C=O) groups is 1. The van der Waals surface area contributed by atoms with Crippen LogP contribution in [0.5, 0.6) is 0 Å². The number of alkyl halides is 6. The lowest BCUT2D eigenvalue weighted by Gasteiger charge is -2.39. The van der Waals surface area contributed by atoms with E-state index in [0.29, 0.717) is 11.0 Å². The Morgan fingerprint density at radius 3 is 2.07 bits per heavy atom. The first kappa shape index (κ1) is 24.6. The first-order chi connectivity index (χ1) is 13.0. The van der Waals surface area contributed by atoms with Crippen LogP contribution in [0.2, 0.25) is 0 Å². The first-order valence-electron chi connectivity index (χ1n) is 8.75. The third-order valence-corrected chi connectivity index (χ3v) is 4.50. The molecule has 1 unspecified atom stereocenters. The van der Waals surface area contributed by atoms with Gasteiger partial charge >= 0.3 is 12.4 Å². The van der Waals surface area contributed by atoms with E-state index in [2.05, 4.69) is 0 Å². The Kier molecular flexibility index (Phi) is 7.22. The predicted molar refractivity (Wildman–Crippen MR) is 96.2 cm³/mol. The molecule has 0 aromatic heterocycles. The van der Waals surface area contributed by atoms with Gasteiger partial charge in [0.25, 0.3) is 0 Å². The molecule has 0 aliphatic carbocycles. The molecule has 1 aromatic carbocycles. The molecule has 0 bridgehead atoms. The number of anilines is 1. The van der Waals surface area contributed by atoms with E-state index < -0.39 is 53.2 Å². The maximum absolute atomic E-state index is 13.3. The van der Waals surface area contributed by atoms with Crippen LogP contribution in [0.25, 0.3) is 0 Å². The van der Waals surface area contributed by atoms with Crippen molar-refractivity contribution in [1.29, 1.82) is 5.26 Å². The lowest BCUT2D eigenvalue weighted by molar-refractivity contribution is -0.138. The quantitative estimate of drug-likeness (QED) is 0.628. The predicted octanol–water partition coefficient (Wildman–Crippen LogP) is 4.98. The molecule has 1 rings (SSSR count). The molecule has 0 aliphatic heterocycles. The number of nitriles is 1. The molecule has 162 valence electrons. The number of amides is 1. The van der Waals surface area contributed by atoms with Crippen molar-refractivity contribution in [3.05, 3.63) is 29.3 Å². The lowest BCUT2D eigenvalue weighted by atomic mass is 10.0. The molecule has 0 N–H and O–H groups in total. The molecule has 10 heteroatoms. The van der Waals surface area contributed by atoms with Crippen LogP contribution in [0.4, 0.5) is 32.0 Å². The van der Waals surface area contributed by atoms with Gasteiger partial charge in [-0.2, -0.15) is 31.6 Å². The standard InChI is InChI=1S/C19H23F6N3O/c1-6-15(16(29)27(5)17(2,3)4)28(11-18(20,21)22)13-8-7-12(10-26)14(9-13)19(23,24)25/h7-9,15H,6,11H2,1-5H3. The Balaban J connectivity index is 3.57. The molecule has 29 heavy (non-hydrogen) atoms. The van der Waals surface area contributed by atoms with Crippen molar-refractivity contribution in [2.24, 2.45) is 0 Å². The van der Waals surface area contributed by atoms with Gasteiger partial charge in [-0.15, -0.1) is 0 Å². The van der Waals surface area contributed by atoms with Crippen LogP contribution in [-0.2, 0) is 11.0 Å². The van der Waals surface area contributed by atoms with Crippen molar-refractivity contribution < 1.29 is 31.1 Å². The number of hydrogen-bond donors (Lipinski definition) is 0. The van der Waals surface area contributed by atoms with E-state index in [1.165, 1.54) is 24.9 Å². The second-order valence-electron chi connectivity index (χ2n) is 7.57. The van der Waals surface area contributed by atoms with Crippen molar-refractivity contribution in [2.75, 3.05) is 18.5 Å². The van der Waals surface area contributed by atoms with Gasteiger partial charge in [-0.25, -0.2) is 0 Å². The minimum atomic E-state index is -4.93. The van der Waals surface area contributed by atoms with E-state index in [1.54, 1.807) is 20.8 Å². The second-order valence-corrected chi connectivity index (χ2v) is 7.57. The molecule has 0 saturated heterocycles. The van der Waals surface area contributed by atoms with Crippen molar-refractivity contribution >= 4 is 11.6 Å². The van der Waals surface area contributed by atoms with Crippen molar-refractivity contribution in [3.63, 3.8) is 0 Å². The maximum Gasteiger partial charge on any atom is 0.417 e. The molecule has 1 amide bonds. The van der Waals surface area contributed by atoms with Crippen LogP contribution >= 0.6 is 0 Å². The zero-order valence-electron chi connectivity index (χ0n) is 16.7. The SMILES string of the molecule is CCC(C(=O)N(C)C(C)(C)C)N(CC(F)(F)F)c1ccc(C#N)c(C(F)(F)F)c1. The third-order valence-electron chi connectivity index (χ3n) is 4.50. The zero-order valence-corrected chi connectivity index (χ0v) is 16.7. The van der Waals surface area contributed by atoms with E-state index in [1.807, 2.05) is 0 Å². The fraction of sp³-hybridized carbons (Fsp3) is 0.579. The van der Waals surface area contributed by atoms with Gasteiger partial charge < -0.3 is 9.80 Å². The highest BCUT2D eigenvalue weighted by Gasteiger charge is 2.40. The molecule has 0 heterocycles. The summed E-state index contributed by atoms with van der Waals surface area (Å²) < 4.78 is 79.5. The summed E-state index contributed by atoms with van der Waals surface area (Å²) in [6.45, 7) is 4.94. The van der Waals surface area contributed by atoms with Crippen LogP contribution in [0.15, 0.2) is 18.2 Å². The number of rotatable bonds is 5. The Morgan fingerprint density at radius 1 is 1.14 bits per heavy atom. The molecular weight excluding hydrogens is 400 g/mol. The van der Waals surface area contributed by atoms with E-state index in [4.69, 9.17) is 5.26 Å². The number of carbonyl (C=O) groups excluding carboxylic acids is 1. The lowest BCUT2D eigenvalue weighted by Crippen LogP contribution is -2.54. The molecule has 0 fully saturated rings. The number of nitrogens with zero attached hydrogens (tertiary/aromatic N) is 3. The average Bonchev–Trinajstić information content (AvgIpc) is 2.57. The van der Waals surface area contributed by atoms with Gasteiger partial charge in [0.2, 0.25) is 5.91 Å². The summed E-state index contributed by atoms with van der Waals surface area (Å²) in [7, 11) is 1.43. The number of likely N-dealkylation sites (N-methyl/N-ethyl adjacent to an activating group) is 1. The molecule has 0 radical (unpaired) electrons. The highest BCUT2D eigenvalue weighted by molar-refractivity contribution is 5.86. The number of halogens is 6. The summed E-state index contributed by atoms with van der Waals surface area (Å²) in [5.41, 5.74) is -3.19. The molecular formula is C19H23F6N3O. The van der Waals surface area contributed by atoms with E-state index in [0.717, 1.165) is 12.1 Å². The van der Waals surface area contributed by atoms with Gasteiger partial charge in [0, 0.05) is 18.3 Å². The Labute approximate surface area is 165 Å². The second kappa shape index (κ2) is 8.51. The zero-order chi connectivity index (χ0) is 22.8. The van der Waals surface area contributed by atoms with Gasteiger partial charge in [-0.05, 0) is 45.4 Å². The molecule has 0 spiro atoms. The van der Waals surface area contributed by atoms with Gasteiger partial charge in [0.1, 0.15) is 12.6 Å². The highest BCUT2D eigenvalue weighted by atomic mass is 19.4. The molecule has 1 atom stereocenters. The smallest absolute Gasteiger partial charge is 0.350 e. The number of hydrogen-bond acceptors (Lipinski definition) is 3. The summed E-state index contributed by atoms with van der Waals surface area (Å²) in [4.78, 5) is 14.7. The first-order valence-corrected chi connectivity index (χ1v) is 8.75. The average molecular weight is 423 g/mol. The Bertz CT molecular complexity index is 774. The van der Waals surface area contributed by atoms with Crippen LogP contribution < -0.4 is 4.90 Å². The Hall–Kier alpha value is -2.44. The molecule has 0 aliphatic rings.